The number of aromatic nitrogens is 2. The van der Waals surface area contributed by atoms with E-state index in [0.717, 1.165) is 21.1 Å². The predicted octanol–water partition coefficient (Wildman–Crippen LogP) is 4.49. The Morgan fingerprint density at radius 1 is 0.737 bits per heavy atom. The molecule has 0 N–H and O–H groups in total. The number of rotatable bonds is 2. The first-order chi connectivity index (χ1) is 9.22. The molecule has 0 aliphatic rings. The van der Waals surface area contributed by atoms with Gasteiger partial charge in [-0.15, -0.1) is 10.2 Å². The van der Waals surface area contributed by atoms with Crippen molar-refractivity contribution in [3.63, 3.8) is 0 Å². The van der Waals surface area contributed by atoms with E-state index in [2.05, 4.69) is 72.6 Å². The molecule has 0 aliphatic carbocycles. The van der Waals surface area contributed by atoms with E-state index >= 15 is 0 Å². The lowest BCUT2D eigenvalue weighted by Crippen LogP contribution is -1.78. The summed E-state index contributed by atoms with van der Waals surface area (Å²) in [5.41, 5.74) is 4.76. The van der Waals surface area contributed by atoms with Crippen molar-refractivity contribution in [1.29, 1.82) is 0 Å². The molecular weight excluding hydrogens is 252 g/mol. The van der Waals surface area contributed by atoms with E-state index < -0.39 is 0 Å². The van der Waals surface area contributed by atoms with E-state index in [-0.39, 0.29) is 0 Å². The maximum Gasteiger partial charge on any atom is 0.148 e. The smallest absolute Gasteiger partial charge is 0.138 e. The lowest BCUT2D eigenvalue weighted by atomic mass is 10.1. The van der Waals surface area contributed by atoms with Gasteiger partial charge in [0.15, 0.2) is 0 Å². The zero-order chi connectivity index (χ0) is 13.2. The van der Waals surface area contributed by atoms with Gasteiger partial charge >= 0.3 is 0 Å². The molecule has 1 aromatic heterocycles. The molecule has 2 aromatic carbocycles. The topological polar surface area (TPSA) is 25.8 Å². The van der Waals surface area contributed by atoms with Gasteiger partial charge in [-0.25, -0.2) is 0 Å². The van der Waals surface area contributed by atoms with E-state index in [4.69, 9.17) is 0 Å². The van der Waals surface area contributed by atoms with Gasteiger partial charge < -0.3 is 0 Å². The second-order valence-electron chi connectivity index (χ2n) is 4.65. The normalized spacial score (nSPS) is 10.6. The molecule has 0 atom stereocenters. The molecule has 0 bridgehead atoms. The lowest BCUT2D eigenvalue weighted by molar-refractivity contribution is 1.10. The molecule has 19 heavy (non-hydrogen) atoms. The Kier molecular flexibility index (Phi) is 3.13. The van der Waals surface area contributed by atoms with Gasteiger partial charge in [0.1, 0.15) is 10.0 Å². The number of hydrogen-bond acceptors (Lipinski definition) is 3. The van der Waals surface area contributed by atoms with Crippen LogP contribution in [0.1, 0.15) is 11.1 Å². The number of aryl methyl sites for hydroxylation is 2. The van der Waals surface area contributed by atoms with Gasteiger partial charge in [-0.1, -0.05) is 64.9 Å². The highest BCUT2D eigenvalue weighted by molar-refractivity contribution is 7.17. The van der Waals surface area contributed by atoms with Crippen LogP contribution in [-0.4, -0.2) is 10.2 Å². The van der Waals surface area contributed by atoms with Crippen molar-refractivity contribution >= 4 is 11.3 Å². The molecule has 3 aromatic rings. The van der Waals surface area contributed by atoms with E-state index in [1.54, 1.807) is 11.3 Å². The van der Waals surface area contributed by atoms with Crippen LogP contribution in [0.4, 0.5) is 0 Å². The van der Waals surface area contributed by atoms with Crippen molar-refractivity contribution in [2.24, 2.45) is 0 Å². The molecule has 0 amide bonds. The molecule has 0 unspecified atom stereocenters. The molecule has 0 spiro atoms. The summed E-state index contributed by atoms with van der Waals surface area (Å²) in [4.78, 5) is 0. The second kappa shape index (κ2) is 4.94. The van der Waals surface area contributed by atoms with Crippen LogP contribution in [0.5, 0.6) is 0 Å². The fourth-order valence-corrected chi connectivity index (χ4v) is 2.78. The Morgan fingerprint density at radius 2 is 1.42 bits per heavy atom. The Labute approximate surface area is 116 Å². The summed E-state index contributed by atoms with van der Waals surface area (Å²) in [5.74, 6) is 0. The van der Waals surface area contributed by atoms with Gasteiger partial charge in [-0.05, 0) is 19.9 Å². The van der Waals surface area contributed by atoms with Gasteiger partial charge in [0.25, 0.3) is 0 Å². The van der Waals surface area contributed by atoms with Crippen LogP contribution in [-0.2, 0) is 0 Å². The molecule has 0 saturated heterocycles. The number of benzene rings is 2. The van der Waals surface area contributed by atoms with Gasteiger partial charge in [0.2, 0.25) is 0 Å². The summed E-state index contributed by atoms with van der Waals surface area (Å²) < 4.78 is 0. The SMILES string of the molecule is Cc1ccc(-c2nnc(-c3cccc(C)c3)s2)cc1. The highest BCUT2D eigenvalue weighted by Crippen LogP contribution is 2.30. The predicted molar refractivity (Wildman–Crippen MR) is 80.3 cm³/mol. The van der Waals surface area contributed by atoms with Crippen LogP contribution < -0.4 is 0 Å². The minimum absolute atomic E-state index is 0.969. The Morgan fingerprint density at radius 3 is 2.11 bits per heavy atom. The van der Waals surface area contributed by atoms with Crippen LogP contribution >= 0.6 is 11.3 Å². The first kappa shape index (κ1) is 12.1. The largest absolute Gasteiger partial charge is 0.148 e. The number of nitrogens with zero attached hydrogens (tertiary/aromatic N) is 2. The molecule has 0 saturated carbocycles. The standard InChI is InChI=1S/C16H14N2S/c1-11-6-8-13(9-7-11)15-17-18-16(19-15)14-5-3-4-12(2)10-14/h3-10H,1-2H3. The quantitative estimate of drug-likeness (QED) is 0.683. The van der Waals surface area contributed by atoms with Crippen LogP contribution in [0.25, 0.3) is 21.1 Å². The van der Waals surface area contributed by atoms with Crippen LogP contribution in [0, 0.1) is 13.8 Å². The monoisotopic (exact) mass is 266 g/mol. The summed E-state index contributed by atoms with van der Waals surface area (Å²) >= 11 is 1.63. The van der Waals surface area contributed by atoms with Gasteiger partial charge in [-0.3, -0.25) is 0 Å². The molecule has 0 radical (unpaired) electrons. The lowest BCUT2D eigenvalue weighted by Gasteiger charge is -1.97. The molecule has 3 heteroatoms. The van der Waals surface area contributed by atoms with Gasteiger partial charge in [0, 0.05) is 11.1 Å². The summed E-state index contributed by atoms with van der Waals surface area (Å²) in [5, 5.41) is 10.5. The zero-order valence-corrected chi connectivity index (χ0v) is 11.7. The van der Waals surface area contributed by atoms with Crippen molar-refractivity contribution < 1.29 is 0 Å². The second-order valence-corrected chi connectivity index (χ2v) is 5.63. The molecule has 94 valence electrons. The third kappa shape index (κ3) is 2.56. The summed E-state index contributed by atoms with van der Waals surface area (Å²) in [6.45, 7) is 4.17. The molecule has 1 heterocycles. The third-order valence-electron chi connectivity index (χ3n) is 2.99. The number of hydrogen-bond donors (Lipinski definition) is 0. The van der Waals surface area contributed by atoms with Crippen molar-refractivity contribution in [1.82, 2.24) is 10.2 Å². The van der Waals surface area contributed by atoms with Crippen LogP contribution in [0.15, 0.2) is 48.5 Å². The highest BCUT2D eigenvalue weighted by atomic mass is 32.1. The van der Waals surface area contributed by atoms with Crippen LogP contribution in [0.2, 0.25) is 0 Å². The highest BCUT2D eigenvalue weighted by Gasteiger charge is 2.08. The summed E-state index contributed by atoms with van der Waals surface area (Å²) in [7, 11) is 0. The molecule has 3 rings (SSSR count). The Balaban J connectivity index is 1.97. The first-order valence-corrected chi connectivity index (χ1v) is 7.01. The summed E-state index contributed by atoms with van der Waals surface area (Å²) in [6, 6.07) is 16.7. The van der Waals surface area contributed by atoms with Crippen LogP contribution in [0.3, 0.4) is 0 Å². The third-order valence-corrected chi connectivity index (χ3v) is 4.01. The zero-order valence-electron chi connectivity index (χ0n) is 10.9. The maximum atomic E-state index is 4.29. The van der Waals surface area contributed by atoms with E-state index in [0.29, 0.717) is 0 Å². The molecule has 2 nitrogen and oxygen atoms in total. The van der Waals surface area contributed by atoms with E-state index in [9.17, 15) is 0 Å². The Bertz CT molecular complexity index is 699. The van der Waals surface area contributed by atoms with Gasteiger partial charge in [-0.2, -0.15) is 0 Å². The Hall–Kier alpha value is -2.00. The van der Waals surface area contributed by atoms with E-state index in [1.807, 2.05) is 0 Å². The molecular formula is C16H14N2S. The minimum atomic E-state index is 0.969. The average Bonchev–Trinajstić information content (AvgIpc) is 2.89. The first-order valence-electron chi connectivity index (χ1n) is 6.20. The van der Waals surface area contributed by atoms with Crippen molar-refractivity contribution in [3.05, 3.63) is 59.7 Å². The minimum Gasteiger partial charge on any atom is -0.138 e. The van der Waals surface area contributed by atoms with Crippen molar-refractivity contribution in [2.75, 3.05) is 0 Å². The van der Waals surface area contributed by atoms with Crippen molar-refractivity contribution in [3.8, 4) is 21.1 Å². The average molecular weight is 266 g/mol. The van der Waals surface area contributed by atoms with Gasteiger partial charge in [0.05, 0.1) is 0 Å². The molecule has 0 fully saturated rings. The fourth-order valence-electron chi connectivity index (χ4n) is 1.93. The van der Waals surface area contributed by atoms with E-state index in [1.165, 1.54) is 11.1 Å². The maximum absolute atomic E-state index is 4.29. The molecule has 0 aliphatic heterocycles. The van der Waals surface area contributed by atoms with Crippen molar-refractivity contribution in [2.45, 2.75) is 13.8 Å². The fraction of sp³-hybridized carbons (Fsp3) is 0.125. The summed E-state index contributed by atoms with van der Waals surface area (Å²) in [6.07, 6.45) is 0.